The van der Waals surface area contributed by atoms with Crippen LogP contribution < -0.4 is 10.7 Å². The van der Waals surface area contributed by atoms with Gasteiger partial charge >= 0.3 is 0 Å². The highest BCUT2D eigenvalue weighted by molar-refractivity contribution is 14.1. The molecule has 1 aromatic rings. The first-order valence-corrected chi connectivity index (χ1v) is 4.88. The lowest BCUT2D eigenvalue weighted by Crippen LogP contribution is -2.29. The first-order valence-electron chi connectivity index (χ1n) is 3.63. The number of aromatic nitrogens is 1. The number of rotatable bonds is 0. The van der Waals surface area contributed by atoms with Gasteiger partial charge in [0.15, 0.2) is 0 Å². The maximum Gasteiger partial charge on any atom is 0.105 e. The Morgan fingerprint density at radius 2 is 2.55 bits per heavy atom. The summed E-state index contributed by atoms with van der Waals surface area (Å²) in [6, 6.07) is 0. The van der Waals surface area contributed by atoms with Gasteiger partial charge in [-0.3, -0.25) is 4.99 Å². The quantitative estimate of drug-likeness (QED) is 0.407. The van der Waals surface area contributed by atoms with Crippen LogP contribution in [0.3, 0.4) is 0 Å². The summed E-state index contributed by atoms with van der Waals surface area (Å²) in [5.41, 5.74) is 1.25. The molecule has 0 fully saturated rings. The van der Waals surface area contributed by atoms with Crippen LogP contribution in [-0.4, -0.2) is 9.03 Å². The zero-order valence-corrected chi connectivity index (χ0v) is 8.42. The summed E-state index contributed by atoms with van der Waals surface area (Å²) in [4.78, 5) is 7.72. The molecule has 2 heterocycles. The Kier molecular flexibility index (Phi) is 1.75. The highest BCUT2D eigenvalue weighted by Gasteiger charge is 2.05. The predicted octanol–water partition coefficient (Wildman–Crippen LogP) is 0.888. The molecular weight excluding hydrogens is 251 g/mol. The number of halogens is 1. The molecule has 2 rings (SSSR count). The van der Waals surface area contributed by atoms with Gasteiger partial charge in [-0.25, -0.2) is 0 Å². The third kappa shape index (κ3) is 1.21. The lowest BCUT2D eigenvalue weighted by Gasteiger charge is -2.02. The number of H-pyrrole nitrogens is 1. The number of aromatic amines is 1. The second-order valence-electron chi connectivity index (χ2n) is 2.74. The molecule has 0 saturated heterocycles. The Bertz CT molecular complexity index is 377. The van der Waals surface area contributed by atoms with Gasteiger partial charge in [0.2, 0.25) is 0 Å². The molecule has 1 atom stereocenters. The van der Waals surface area contributed by atoms with Crippen LogP contribution in [0.25, 0.3) is 6.08 Å². The molecule has 0 bridgehead atoms. The first kappa shape index (κ1) is 7.34. The average Bonchev–Trinajstić information content (AvgIpc) is 2.33. The van der Waals surface area contributed by atoms with Crippen molar-refractivity contribution < 1.29 is 0 Å². The van der Waals surface area contributed by atoms with Crippen LogP contribution in [0.5, 0.6) is 0 Å². The standard InChI is InChI=1S/C8H9IN2/c1-5-4-10-6-2-3-7(9)11-8(5)6/h2,4,7,10H,3H2,1H3. The van der Waals surface area contributed by atoms with Crippen LogP contribution in [0.2, 0.25) is 0 Å². The molecule has 0 aromatic carbocycles. The van der Waals surface area contributed by atoms with Gasteiger partial charge in [-0.2, -0.15) is 0 Å². The van der Waals surface area contributed by atoms with E-state index in [4.69, 9.17) is 0 Å². The van der Waals surface area contributed by atoms with E-state index in [0.717, 1.165) is 11.8 Å². The Labute approximate surface area is 78.6 Å². The molecule has 1 N–H and O–H groups in total. The third-order valence-electron chi connectivity index (χ3n) is 1.86. The smallest absolute Gasteiger partial charge is 0.105 e. The molecule has 1 aromatic heterocycles. The molecule has 1 unspecified atom stereocenters. The number of nitrogens with zero attached hydrogens (tertiary/aromatic N) is 1. The van der Waals surface area contributed by atoms with Gasteiger partial charge in [0.05, 0.1) is 10.7 Å². The molecule has 11 heavy (non-hydrogen) atoms. The van der Waals surface area contributed by atoms with Gasteiger partial charge in [0.1, 0.15) is 4.05 Å². The van der Waals surface area contributed by atoms with Crippen molar-refractivity contribution in [3.05, 3.63) is 22.5 Å². The third-order valence-corrected chi connectivity index (χ3v) is 2.65. The zero-order chi connectivity index (χ0) is 7.84. The van der Waals surface area contributed by atoms with Gasteiger partial charge < -0.3 is 4.98 Å². The van der Waals surface area contributed by atoms with E-state index in [-0.39, 0.29) is 0 Å². The first-order chi connectivity index (χ1) is 5.27. The minimum absolute atomic E-state index is 0.426. The molecule has 0 amide bonds. The van der Waals surface area contributed by atoms with Crippen LogP contribution in [-0.2, 0) is 0 Å². The Hall–Kier alpha value is -0.320. The number of alkyl halides is 1. The van der Waals surface area contributed by atoms with E-state index in [9.17, 15) is 0 Å². The summed E-state index contributed by atoms with van der Waals surface area (Å²) < 4.78 is 0.426. The molecule has 2 nitrogen and oxygen atoms in total. The average molecular weight is 260 g/mol. The fraction of sp³-hybridized carbons (Fsp3) is 0.375. The second kappa shape index (κ2) is 2.62. The second-order valence-corrected chi connectivity index (χ2v) is 4.18. The zero-order valence-electron chi connectivity index (χ0n) is 6.26. The fourth-order valence-electron chi connectivity index (χ4n) is 1.27. The van der Waals surface area contributed by atoms with Crippen molar-refractivity contribution in [3.8, 4) is 0 Å². The van der Waals surface area contributed by atoms with Crippen molar-refractivity contribution in [2.45, 2.75) is 17.4 Å². The monoisotopic (exact) mass is 260 g/mol. The Morgan fingerprint density at radius 3 is 3.36 bits per heavy atom. The summed E-state index contributed by atoms with van der Waals surface area (Å²) in [7, 11) is 0. The maximum atomic E-state index is 4.53. The highest BCUT2D eigenvalue weighted by Crippen LogP contribution is 2.08. The van der Waals surface area contributed by atoms with Crippen LogP contribution in [0.4, 0.5) is 0 Å². The van der Waals surface area contributed by atoms with Crippen molar-refractivity contribution in [1.29, 1.82) is 0 Å². The molecule has 0 saturated carbocycles. The summed E-state index contributed by atoms with van der Waals surface area (Å²) in [6.07, 6.45) is 5.28. The number of fused-ring (bicyclic) bond motifs is 1. The van der Waals surface area contributed by atoms with Crippen molar-refractivity contribution in [2.75, 3.05) is 0 Å². The highest BCUT2D eigenvalue weighted by atomic mass is 127. The minimum Gasteiger partial charge on any atom is -0.360 e. The lowest BCUT2D eigenvalue weighted by molar-refractivity contribution is 0.920. The van der Waals surface area contributed by atoms with Gasteiger partial charge in [-0.1, -0.05) is 28.7 Å². The van der Waals surface area contributed by atoms with E-state index in [1.807, 2.05) is 6.20 Å². The summed E-state index contributed by atoms with van der Waals surface area (Å²) >= 11 is 2.36. The van der Waals surface area contributed by atoms with E-state index in [1.165, 1.54) is 10.9 Å². The number of nitrogens with one attached hydrogen (secondary N) is 1. The van der Waals surface area contributed by atoms with Gasteiger partial charge in [-0.15, -0.1) is 0 Å². The van der Waals surface area contributed by atoms with Crippen LogP contribution in [0, 0.1) is 6.92 Å². The van der Waals surface area contributed by atoms with Crippen molar-refractivity contribution in [3.63, 3.8) is 0 Å². The topological polar surface area (TPSA) is 28.1 Å². The summed E-state index contributed by atoms with van der Waals surface area (Å²) in [5, 5.41) is 2.34. The van der Waals surface area contributed by atoms with E-state index in [0.29, 0.717) is 4.05 Å². The van der Waals surface area contributed by atoms with E-state index in [2.05, 4.69) is 45.6 Å². The molecule has 0 spiro atoms. The Balaban J connectivity index is 2.77. The van der Waals surface area contributed by atoms with Crippen LogP contribution in [0.1, 0.15) is 12.0 Å². The van der Waals surface area contributed by atoms with Crippen LogP contribution in [0.15, 0.2) is 11.2 Å². The molecule has 1 aliphatic heterocycles. The van der Waals surface area contributed by atoms with Gasteiger partial charge in [-0.05, 0) is 18.9 Å². The number of aryl methyl sites for hydroxylation is 1. The summed E-state index contributed by atoms with van der Waals surface area (Å²) in [6.45, 7) is 2.08. The lowest BCUT2D eigenvalue weighted by atomic mass is 10.3. The molecule has 58 valence electrons. The van der Waals surface area contributed by atoms with E-state index < -0.39 is 0 Å². The molecule has 1 aliphatic rings. The Morgan fingerprint density at radius 1 is 1.73 bits per heavy atom. The van der Waals surface area contributed by atoms with Gasteiger partial charge in [0.25, 0.3) is 0 Å². The van der Waals surface area contributed by atoms with Gasteiger partial charge in [0, 0.05) is 6.20 Å². The number of hydrogen-bond donors (Lipinski definition) is 1. The normalized spacial score (nSPS) is 21.8. The number of hydrogen-bond acceptors (Lipinski definition) is 1. The van der Waals surface area contributed by atoms with Crippen molar-refractivity contribution in [2.24, 2.45) is 4.99 Å². The SMILES string of the molecule is Cc1c[nH]c2c1=NC(I)CC=2. The fourth-order valence-corrected chi connectivity index (χ4v) is 1.80. The molecule has 3 heteroatoms. The molecule has 0 aliphatic carbocycles. The summed E-state index contributed by atoms with van der Waals surface area (Å²) in [5.74, 6) is 0. The van der Waals surface area contributed by atoms with Crippen LogP contribution >= 0.6 is 22.6 Å². The molecular formula is C8H9IN2. The van der Waals surface area contributed by atoms with Crippen molar-refractivity contribution in [1.82, 2.24) is 4.98 Å². The van der Waals surface area contributed by atoms with E-state index >= 15 is 0 Å². The maximum absolute atomic E-state index is 4.53. The minimum atomic E-state index is 0.426. The largest absolute Gasteiger partial charge is 0.360 e. The predicted molar refractivity (Wildman–Crippen MR) is 53.2 cm³/mol. The van der Waals surface area contributed by atoms with E-state index in [1.54, 1.807) is 0 Å². The van der Waals surface area contributed by atoms with Crippen molar-refractivity contribution >= 4 is 28.7 Å². The molecule has 0 radical (unpaired) electrons.